The van der Waals surface area contributed by atoms with E-state index in [1.807, 2.05) is 12.1 Å². The molecule has 6 nitrogen and oxygen atoms in total. The summed E-state index contributed by atoms with van der Waals surface area (Å²) in [7, 11) is 0. The van der Waals surface area contributed by atoms with Crippen molar-refractivity contribution in [3.63, 3.8) is 0 Å². The molecular formula is C14H16N6. The predicted octanol–water partition coefficient (Wildman–Crippen LogP) is 2.22. The molecule has 0 spiro atoms. The molecule has 2 N–H and O–H groups in total. The lowest BCUT2D eigenvalue weighted by Crippen LogP contribution is -2.08. The second kappa shape index (κ2) is 5.56. The molecule has 0 bridgehead atoms. The molecule has 6 heteroatoms. The van der Waals surface area contributed by atoms with Gasteiger partial charge in [0, 0.05) is 11.9 Å². The molecule has 0 aliphatic heterocycles. The topological polar surface area (TPSA) is 71.4 Å². The van der Waals surface area contributed by atoms with E-state index in [2.05, 4.69) is 50.7 Å². The van der Waals surface area contributed by atoms with E-state index in [4.69, 9.17) is 0 Å². The summed E-state index contributed by atoms with van der Waals surface area (Å²) in [5.74, 6) is 0. The normalized spacial score (nSPS) is 12.2. The van der Waals surface area contributed by atoms with Gasteiger partial charge in [-0.2, -0.15) is 10.2 Å². The molecule has 1 aromatic carbocycles. The van der Waals surface area contributed by atoms with Crippen LogP contribution in [-0.4, -0.2) is 25.0 Å². The smallest absolute Gasteiger partial charge is 0.137 e. The van der Waals surface area contributed by atoms with E-state index in [0.29, 0.717) is 6.54 Å². The zero-order valence-electron chi connectivity index (χ0n) is 11.2. The maximum atomic E-state index is 4.11. The Kier molecular flexibility index (Phi) is 3.45. The van der Waals surface area contributed by atoms with Crippen LogP contribution in [0.3, 0.4) is 0 Å². The molecule has 0 saturated heterocycles. The number of anilines is 1. The molecule has 0 amide bonds. The Balaban J connectivity index is 1.71. The minimum atomic E-state index is 0.180. The molecule has 0 radical (unpaired) electrons. The molecule has 0 aliphatic rings. The zero-order valence-corrected chi connectivity index (χ0v) is 11.2. The van der Waals surface area contributed by atoms with Gasteiger partial charge in [0.05, 0.1) is 18.3 Å². The van der Waals surface area contributed by atoms with Crippen molar-refractivity contribution in [2.24, 2.45) is 0 Å². The third-order valence-electron chi connectivity index (χ3n) is 3.11. The van der Waals surface area contributed by atoms with E-state index >= 15 is 0 Å². The Morgan fingerprint density at radius 1 is 1.35 bits per heavy atom. The standard InChI is InChI=1S/C14H16N6/c1-11(14-5-6-16-19-14)18-13-4-2-3-12(7-13)8-20-10-15-9-17-20/h2-7,9-11,18H,8H2,1H3,(H,16,19). The second-order valence-electron chi connectivity index (χ2n) is 4.67. The van der Waals surface area contributed by atoms with Gasteiger partial charge in [-0.15, -0.1) is 0 Å². The summed E-state index contributed by atoms with van der Waals surface area (Å²) < 4.78 is 1.80. The van der Waals surface area contributed by atoms with Gasteiger partial charge in [-0.1, -0.05) is 12.1 Å². The molecule has 2 heterocycles. The van der Waals surface area contributed by atoms with Crippen LogP contribution in [0, 0.1) is 0 Å². The molecule has 0 saturated carbocycles. The van der Waals surface area contributed by atoms with E-state index in [1.54, 1.807) is 23.5 Å². The fourth-order valence-corrected chi connectivity index (χ4v) is 2.10. The highest BCUT2D eigenvalue weighted by Gasteiger charge is 2.06. The molecule has 3 rings (SSSR count). The Bertz CT molecular complexity index is 644. The second-order valence-corrected chi connectivity index (χ2v) is 4.67. The fourth-order valence-electron chi connectivity index (χ4n) is 2.10. The summed E-state index contributed by atoms with van der Waals surface area (Å²) in [6, 6.07) is 10.4. The first-order chi connectivity index (χ1) is 9.81. The highest BCUT2D eigenvalue weighted by atomic mass is 15.3. The van der Waals surface area contributed by atoms with Crippen molar-refractivity contribution in [3.05, 3.63) is 60.4 Å². The van der Waals surface area contributed by atoms with Crippen LogP contribution in [0.25, 0.3) is 0 Å². The Labute approximate surface area is 116 Å². The number of nitrogens with zero attached hydrogens (tertiary/aromatic N) is 4. The van der Waals surface area contributed by atoms with Gasteiger partial charge in [0.1, 0.15) is 12.7 Å². The predicted molar refractivity (Wildman–Crippen MR) is 76.2 cm³/mol. The molecule has 20 heavy (non-hydrogen) atoms. The third-order valence-corrected chi connectivity index (χ3v) is 3.11. The lowest BCUT2D eigenvalue weighted by molar-refractivity contribution is 0.685. The van der Waals surface area contributed by atoms with Crippen molar-refractivity contribution < 1.29 is 0 Å². The molecule has 3 aromatic rings. The van der Waals surface area contributed by atoms with Gasteiger partial charge in [0.25, 0.3) is 0 Å². The van der Waals surface area contributed by atoms with Gasteiger partial charge in [-0.05, 0) is 30.7 Å². The quantitative estimate of drug-likeness (QED) is 0.744. The number of hydrogen-bond donors (Lipinski definition) is 2. The van der Waals surface area contributed by atoms with Crippen LogP contribution in [0.1, 0.15) is 24.2 Å². The first-order valence-corrected chi connectivity index (χ1v) is 6.48. The first-order valence-electron chi connectivity index (χ1n) is 6.48. The minimum Gasteiger partial charge on any atom is -0.377 e. The third kappa shape index (κ3) is 2.85. The summed E-state index contributed by atoms with van der Waals surface area (Å²) in [4.78, 5) is 3.95. The average Bonchev–Trinajstić information content (AvgIpc) is 3.12. The molecule has 0 aliphatic carbocycles. The number of aromatic amines is 1. The highest BCUT2D eigenvalue weighted by Crippen LogP contribution is 2.18. The van der Waals surface area contributed by atoms with Crippen LogP contribution in [0.5, 0.6) is 0 Å². The summed E-state index contributed by atoms with van der Waals surface area (Å²) >= 11 is 0. The lowest BCUT2D eigenvalue weighted by Gasteiger charge is -2.14. The van der Waals surface area contributed by atoms with Gasteiger partial charge in [-0.3, -0.25) is 5.10 Å². The van der Waals surface area contributed by atoms with E-state index in [0.717, 1.165) is 11.4 Å². The molecule has 0 fully saturated rings. The molecular weight excluding hydrogens is 252 g/mol. The number of benzene rings is 1. The summed E-state index contributed by atoms with van der Waals surface area (Å²) in [5, 5.41) is 14.5. The summed E-state index contributed by atoms with van der Waals surface area (Å²) in [6.07, 6.45) is 5.02. The number of aromatic nitrogens is 5. The van der Waals surface area contributed by atoms with Crippen LogP contribution in [0.4, 0.5) is 5.69 Å². The van der Waals surface area contributed by atoms with E-state index in [9.17, 15) is 0 Å². The van der Waals surface area contributed by atoms with Gasteiger partial charge in [-0.25, -0.2) is 9.67 Å². The number of H-pyrrole nitrogens is 1. The van der Waals surface area contributed by atoms with Gasteiger partial charge >= 0.3 is 0 Å². The van der Waals surface area contributed by atoms with Crippen LogP contribution in [-0.2, 0) is 6.54 Å². The van der Waals surface area contributed by atoms with Crippen LogP contribution in [0.15, 0.2) is 49.2 Å². The SMILES string of the molecule is CC(Nc1cccc(Cn2cncn2)c1)c1ccn[nH]1. The van der Waals surface area contributed by atoms with Gasteiger partial charge < -0.3 is 5.32 Å². The average molecular weight is 268 g/mol. The first kappa shape index (κ1) is 12.4. The molecule has 102 valence electrons. The number of hydrogen-bond acceptors (Lipinski definition) is 4. The monoisotopic (exact) mass is 268 g/mol. The van der Waals surface area contributed by atoms with Crippen molar-refractivity contribution in [3.8, 4) is 0 Å². The van der Waals surface area contributed by atoms with Crippen LogP contribution >= 0.6 is 0 Å². The highest BCUT2D eigenvalue weighted by molar-refractivity contribution is 5.47. The van der Waals surface area contributed by atoms with E-state index < -0.39 is 0 Å². The molecule has 1 unspecified atom stereocenters. The molecule has 1 atom stereocenters. The maximum absolute atomic E-state index is 4.11. The van der Waals surface area contributed by atoms with Crippen molar-refractivity contribution in [2.45, 2.75) is 19.5 Å². The lowest BCUT2D eigenvalue weighted by atomic mass is 10.1. The largest absolute Gasteiger partial charge is 0.377 e. The minimum absolute atomic E-state index is 0.180. The van der Waals surface area contributed by atoms with Crippen molar-refractivity contribution >= 4 is 5.69 Å². The van der Waals surface area contributed by atoms with Gasteiger partial charge in [0.2, 0.25) is 0 Å². The molecule has 2 aromatic heterocycles. The Hall–Kier alpha value is -2.63. The maximum Gasteiger partial charge on any atom is 0.137 e. The Morgan fingerprint density at radius 2 is 2.30 bits per heavy atom. The summed E-state index contributed by atoms with van der Waals surface area (Å²) in [6.45, 7) is 2.81. The van der Waals surface area contributed by atoms with Crippen molar-refractivity contribution in [1.82, 2.24) is 25.0 Å². The van der Waals surface area contributed by atoms with E-state index in [1.165, 1.54) is 5.56 Å². The summed E-state index contributed by atoms with van der Waals surface area (Å²) in [5.41, 5.74) is 3.31. The van der Waals surface area contributed by atoms with Crippen LogP contribution < -0.4 is 5.32 Å². The Morgan fingerprint density at radius 3 is 3.05 bits per heavy atom. The number of nitrogens with one attached hydrogen (secondary N) is 2. The van der Waals surface area contributed by atoms with Gasteiger partial charge in [0.15, 0.2) is 0 Å². The van der Waals surface area contributed by atoms with Crippen molar-refractivity contribution in [2.75, 3.05) is 5.32 Å². The fraction of sp³-hybridized carbons (Fsp3) is 0.214. The zero-order chi connectivity index (χ0) is 13.8. The number of rotatable bonds is 5. The van der Waals surface area contributed by atoms with Crippen LogP contribution in [0.2, 0.25) is 0 Å². The van der Waals surface area contributed by atoms with Crippen molar-refractivity contribution in [1.29, 1.82) is 0 Å². The van der Waals surface area contributed by atoms with E-state index in [-0.39, 0.29) is 6.04 Å².